The minimum absolute atomic E-state index is 0. The molecule has 0 amide bonds. The number of ether oxygens (including phenoxy) is 1. The van der Waals surface area contributed by atoms with Gasteiger partial charge >= 0.3 is 0 Å². The van der Waals surface area contributed by atoms with Crippen LogP contribution >= 0.6 is 24.0 Å². The molecule has 160 valence electrons. The molecule has 1 fully saturated rings. The molecule has 28 heavy (non-hydrogen) atoms. The second-order valence-electron chi connectivity index (χ2n) is 7.36. The van der Waals surface area contributed by atoms with E-state index < -0.39 is 10.8 Å². The average molecular weight is 522 g/mol. The van der Waals surface area contributed by atoms with E-state index in [1.54, 1.807) is 7.05 Å². The standard InChI is InChI=1S/C21H35N3O2S.HI/c1-4-27(25)20-12-8-11-19(13-20)24-21(22-3)23-14-17(2)15-26-16-18-9-6-5-7-10-18;/h5-7,9-10,17,19-20H,4,8,11-16H2,1-3H3,(H2,22,23,24);1H. The smallest absolute Gasteiger partial charge is 0.191 e. The van der Waals surface area contributed by atoms with Gasteiger partial charge in [-0.1, -0.05) is 50.6 Å². The summed E-state index contributed by atoms with van der Waals surface area (Å²) in [6.07, 6.45) is 4.31. The summed E-state index contributed by atoms with van der Waals surface area (Å²) >= 11 is 0. The van der Waals surface area contributed by atoms with E-state index >= 15 is 0 Å². The highest BCUT2D eigenvalue weighted by molar-refractivity contribution is 14.0. The number of hydrogen-bond donors (Lipinski definition) is 2. The number of nitrogens with zero attached hydrogens (tertiary/aromatic N) is 1. The lowest BCUT2D eigenvalue weighted by molar-refractivity contribution is 0.0931. The predicted octanol–water partition coefficient (Wildman–Crippen LogP) is 3.70. The molecule has 1 aliphatic carbocycles. The molecule has 7 heteroatoms. The van der Waals surface area contributed by atoms with Gasteiger partial charge in [-0.05, 0) is 30.7 Å². The summed E-state index contributed by atoms with van der Waals surface area (Å²) in [4.78, 5) is 4.35. The van der Waals surface area contributed by atoms with E-state index in [1.165, 1.54) is 5.56 Å². The maximum absolute atomic E-state index is 12.1. The van der Waals surface area contributed by atoms with Crippen molar-refractivity contribution in [3.8, 4) is 0 Å². The van der Waals surface area contributed by atoms with E-state index in [2.05, 4.69) is 34.7 Å². The molecular weight excluding hydrogens is 485 g/mol. The Morgan fingerprint density at radius 1 is 1.32 bits per heavy atom. The molecule has 5 nitrogen and oxygen atoms in total. The number of halogens is 1. The van der Waals surface area contributed by atoms with E-state index in [-0.39, 0.29) is 24.0 Å². The largest absolute Gasteiger partial charge is 0.376 e. The van der Waals surface area contributed by atoms with E-state index in [1.807, 2.05) is 25.1 Å². The Morgan fingerprint density at radius 3 is 2.75 bits per heavy atom. The van der Waals surface area contributed by atoms with Crippen LogP contribution in [0.5, 0.6) is 0 Å². The van der Waals surface area contributed by atoms with Gasteiger partial charge in [-0.3, -0.25) is 9.20 Å². The third-order valence-corrected chi connectivity index (χ3v) is 6.72. The Kier molecular flexibility index (Phi) is 13.0. The van der Waals surface area contributed by atoms with Gasteiger partial charge in [0.1, 0.15) is 0 Å². The third kappa shape index (κ3) is 9.22. The Labute approximate surface area is 190 Å². The molecule has 2 rings (SSSR count). The van der Waals surface area contributed by atoms with Crippen LogP contribution in [0.1, 0.15) is 45.1 Å². The molecular formula is C21H36IN3O2S. The molecule has 0 aliphatic heterocycles. The molecule has 0 spiro atoms. The molecule has 1 saturated carbocycles. The Hall–Kier alpha value is -0.670. The normalized spacial score (nSPS) is 22.0. The molecule has 4 unspecified atom stereocenters. The van der Waals surface area contributed by atoms with Crippen molar-refractivity contribution in [1.82, 2.24) is 10.6 Å². The van der Waals surface area contributed by atoms with Crippen molar-refractivity contribution in [1.29, 1.82) is 0 Å². The fourth-order valence-electron chi connectivity index (χ4n) is 3.42. The fraction of sp³-hybridized carbons (Fsp3) is 0.667. The number of benzene rings is 1. The molecule has 0 saturated heterocycles. The van der Waals surface area contributed by atoms with Gasteiger partial charge in [0.05, 0.1) is 13.2 Å². The summed E-state index contributed by atoms with van der Waals surface area (Å²) in [6.45, 7) is 6.35. The summed E-state index contributed by atoms with van der Waals surface area (Å²) < 4.78 is 17.9. The zero-order chi connectivity index (χ0) is 19.5. The highest BCUT2D eigenvalue weighted by Crippen LogP contribution is 2.22. The Morgan fingerprint density at radius 2 is 2.07 bits per heavy atom. The number of guanidine groups is 1. The predicted molar refractivity (Wildman–Crippen MR) is 130 cm³/mol. The summed E-state index contributed by atoms with van der Waals surface area (Å²) in [7, 11) is 1.10. The zero-order valence-corrected chi connectivity index (χ0v) is 20.5. The maximum atomic E-state index is 12.1. The number of aliphatic imine (C=N–C) groups is 1. The maximum Gasteiger partial charge on any atom is 0.191 e. The van der Waals surface area contributed by atoms with E-state index in [0.717, 1.165) is 43.9 Å². The van der Waals surface area contributed by atoms with E-state index in [0.29, 0.717) is 30.4 Å². The Balaban J connectivity index is 0.00000392. The molecule has 0 radical (unpaired) electrons. The van der Waals surface area contributed by atoms with Crippen molar-refractivity contribution in [2.45, 2.75) is 57.4 Å². The first kappa shape index (κ1) is 25.4. The fourth-order valence-corrected chi connectivity index (χ4v) is 4.77. The van der Waals surface area contributed by atoms with Crippen LogP contribution in [0, 0.1) is 5.92 Å². The van der Waals surface area contributed by atoms with E-state index in [9.17, 15) is 4.21 Å². The minimum Gasteiger partial charge on any atom is -0.376 e. The summed E-state index contributed by atoms with van der Waals surface area (Å²) in [6, 6.07) is 10.6. The van der Waals surface area contributed by atoms with E-state index in [4.69, 9.17) is 4.74 Å². The molecule has 0 heterocycles. The quantitative estimate of drug-likeness (QED) is 0.296. The van der Waals surface area contributed by atoms with Crippen molar-refractivity contribution in [3.63, 3.8) is 0 Å². The SMILES string of the molecule is CCS(=O)C1CCCC(NC(=NC)NCC(C)COCc2ccccc2)C1.I. The van der Waals surface area contributed by atoms with Crippen molar-refractivity contribution in [3.05, 3.63) is 35.9 Å². The number of rotatable bonds is 9. The molecule has 4 atom stereocenters. The summed E-state index contributed by atoms with van der Waals surface area (Å²) in [5.41, 5.74) is 1.20. The van der Waals surface area contributed by atoms with Crippen LogP contribution < -0.4 is 10.6 Å². The lowest BCUT2D eigenvalue weighted by Crippen LogP contribution is -2.47. The topological polar surface area (TPSA) is 62.7 Å². The molecule has 1 aromatic carbocycles. The highest BCUT2D eigenvalue weighted by Gasteiger charge is 2.26. The number of nitrogens with one attached hydrogen (secondary N) is 2. The van der Waals surface area contributed by atoms with Gasteiger partial charge in [0.2, 0.25) is 0 Å². The van der Waals surface area contributed by atoms with Crippen LogP contribution in [0.15, 0.2) is 35.3 Å². The van der Waals surface area contributed by atoms with Crippen LogP contribution in [0.4, 0.5) is 0 Å². The Bertz CT molecular complexity index is 601. The van der Waals surface area contributed by atoms with Gasteiger partial charge in [0.15, 0.2) is 5.96 Å². The van der Waals surface area contributed by atoms with Crippen molar-refractivity contribution in [2.24, 2.45) is 10.9 Å². The van der Waals surface area contributed by atoms with Crippen LogP contribution in [0.2, 0.25) is 0 Å². The van der Waals surface area contributed by atoms with Crippen LogP contribution in [-0.4, -0.2) is 47.4 Å². The lowest BCUT2D eigenvalue weighted by atomic mass is 9.95. The van der Waals surface area contributed by atoms with Crippen LogP contribution in [0.25, 0.3) is 0 Å². The first-order valence-corrected chi connectivity index (χ1v) is 11.5. The van der Waals surface area contributed by atoms with Gasteiger partial charge in [0, 0.05) is 41.4 Å². The molecule has 0 bridgehead atoms. The molecule has 0 aromatic heterocycles. The van der Waals surface area contributed by atoms with Crippen molar-refractivity contribution in [2.75, 3.05) is 26.0 Å². The third-order valence-electron chi connectivity index (χ3n) is 4.98. The van der Waals surface area contributed by atoms with Gasteiger partial charge in [-0.25, -0.2) is 0 Å². The second-order valence-corrected chi connectivity index (χ2v) is 9.36. The summed E-state index contributed by atoms with van der Waals surface area (Å²) in [5, 5.41) is 7.25. The molecule has 2 N–H and O–H groups in total. The van der Waals surface area contributed by atoms with Gasteiger partial charge in [-0.15, -0.1) is 24.0 Å². The highest BCUT2D eigenvalue weighted by atomic mass is 127. The monoisotopic (exact) mass is 521 g/mol. The average Bonchev–Trinajstić information content (AvgIpc) is 2.71. The van der Waals surface area contributed by atoms with Gasteiger partial charge in [0.25, 0.3) is 0 Å². The second kappa shape index (κ2) is 14.3. The van der Waals surface area contributed by atoms with Crippen molar-refractivity contribution < 1.29 is 8.95 Å². The zero-order valence-electron chi connectivity index (χ0n) is 17.4. The van der Waals surface area contributed by atoms with Crippen LogP contribution in [0.3, 0.4) is 0 Å². The molecule has 1 aromatic rings. The first-order chi connectivity index (χ1) is 13.1. The van der Waals surface area contributed by atoms with Gasteiger partial charge < -0.3 is 15.4 Å². The minimum atomic E-state index is -0.699. The van der Waals surface area contributed by atoms with Crippen molar-refractivity contribution >= 4 is 40.7 Å². The number of hydrogen-bond acceptors (Lipinski definition) is 3. The first-order valence-electron chi connectivity index (χ1n) is 10.1. The van der Waals surface area contributed by atoms with Crippen LogP contribution in [-0.2, 0) is 22.1 Å². The summed E-state index contributed by atoms with van der Waals surface area (Å²) in [5.74, 6) is 1.97. The lowest BCUT2D eigenvalue weighted by Gasteiger charge is -2.30. The van der Waals surface area contributed by atoms with Gasteiger partial charge in [-0.2, -0.15) is 0 Å². The molecule has 1 aliphatic rings.